The van der Waals surface area contributed by atoms with Gasteiger partial charge in [0, 0.05) is 31.8 Å². The van der Waals surface area contributed by atoms with Crippen molar-refractivity contribution >= 4 is 6.47 Å². The van der Waals surface area contributed by atoms with Crippen molar-refractivity contribution in [2.75, 3.05) is 14.2 Å². The van der Waals surface area contributed by atoms with E-state index in [2.05, 4.69) is 39.0 Å². The molecule has 156 valence electrons. The summed E-state index contributed by atoms with van der Waals surface area (Å²) in [5, 5.41) is 6.89. The van der Waals surface area contributed by atoms with Gasteiger partial charge < -0.3 is 23.7 Å². The van der Waals surface area contributed by atoms with Crippen molar-refractivity contribution in [2.24, 2.45) is 13.0 Å². The van der Waals surface area contributed by atoms with Gasteiger partial charge >= 0.3 is 0 Å². The second-order valence-electron chi connectivity index (χ2n) is 6.90. The molecule has 0 aliphatic carbocycles. The number of carboxylic acid groups (broad SMARTS) is 1. The van der Waals surface area contributed by atoms with Crippen LogP contribution in [0.2, 0.25) is 0 Å². The molecular formula is C21H28N4O4. The Morgan fingerprint density at radius 3 is 2.28 bits per heavy atom. The van der Waals surface area contributed by atoms with Crippen LogP contribution in [0.15, 0.2) is 36.9 Å². The molecule has 1 N–H and O–H groups in total. The molecule has 2 heterocycles. The predicted molar refractivity (Wildman–Crippen MR) is 110 cm³/mol. The zero-order valence-corrected chi connectivity index (χ0v) is 17.7. The number of methoxy groups -OCH3 is 2. The normalized spacial score (nSPS) is 11.6. The van der Waals surface area contributed by atoms with Crippen LogP contribution in [0.5, 0.6) is 11.5 Å². The van der Waals surface area contributed by atoms with E-state index in [0.717, 1.165) is 22.8 Å². The van der Waals surface area contributed by atoms with Crippen molar-refractivity contribution < 1.29 is 19.4 Å². The largest absolute Gasteiger partial charge is 0.493 e. The molecule has 2 aromatic heterocycles. The molecule has 0 bridgehead atoms. The molecule has 1 aromatic carbocycles. The Morgan fingerprint density at radius 2 is 1.76 bits per heavy atom. The molecule has 1 unspecified atom stereocenters. The minimum Gasteiger partial charge on any atom is -0.493 e. The SMILES string of the molecule is COc1cc(C)cc(-c2nccn2C(c2nccn2C)C(C)C)c1OC.O=CO. The monoisotopic (exact) mass is 400 g/mol. The predicted octanol–water partition coefficient (Wildman–Crippen LogP) is 3.56. The number of carbonyl (C=O) groups is 1. The summed E-state index contributed by atoms with van der Waals surface area (Å²) in [5.41, 5.74) is 2.00. The lowest BCUT2D eigenvalue weighted by atomic mass is 10.0. The van der Waals surface area contributed by atoms with E-state index in [-0.39, 0.29) is 12.5 Å². The van der Waals surface area contributed by atoms with Gasteiger partial charge in [-0.1, -0.05) is 13.8 Å². The quantitative estimate of drug-likeness (QED) is 0.636. The molecule has 8 heteroatoms. The minimum absolute atomic E-state index is 0.0590. The van der Waals surface area contributed by atoms with Crippen LogP contribution in [-0.4, -0.2) is 44.9 Å². The van der Waals surface area contributed by atoms with Crippen molar-refractivity contribution in [1.29, 1.82) is 0 Å². The maximum Gasteiger partial charge on any atom is 0.290 e. The number of hydrogen-bond acceptors (Lipinski definition) is 5. The van der Waals surface area contributed by atoms with Crippen LogP contribution in [0.1, 0.15) is 31.3 Å². The van der Waals surface area contributed by atoms with Gasteiger partial charge in [-0.2, -0.15) is 0 Å². The van der Waals surface area contributed by atoms with Gasteiger partial charge in [0.2, 0.25) is 0 Å². The first-order valence-corrected chi connectivity index (χ1v) is 9.20. The Balaban J connectivity index is 0.000000941. The fraction of sp³-hybridized carbons (Fsp3) is 0.381. The molecule has 1 atom stereocenters. The number of aromatic nitrogens is 4. The van der Waals surface area contributed by atoms with E-state index in [1.54, 1.807) is 14.2 Å². The van der Waals surface area contributed by atoms with Gasteiger partial charge in [-0.15, -0.1) is 0 Å². The molecule has 0 amide bonds. The van der Waals surface area contributed by atoms with Crippen molar-refractivity contribution in [3.63, 3.8) is 0 Å². The first-order valence-electron chi connectivity index (χ1n) is 9.20. The third kappa shape index (κ3) is 4.59. The number of benzene rings is 1. The van der Waals surface area contributed by atoms with Gasteiger partial charge in [0.25, 0.3) is 6.47 Å². The van der Waals surface area contributed by atoms with E-state index in [4.69, 9.17) is 19.4 Å². The van der Waals surface area contributed by atoms with Crippen LogP contribution in [0.3, 0.4) is 0 Å². The lowest BCUT2D eigenvalue weighted by molar-refractivity contribution is -0.122. The van der Waals surface area contributed by atoms with Crippen LogP contribution in [-0.2, 0) is 11.8 Å². The maximum absolute atomic E-state index is 8.36. The van der Waals surface area contributed by atoms with Crippen molar-refractivity contribution in [3.8, 4) is 22.9 Å². The average molecular weight is 400 g/mol. The smallest absolute Gasteiger partial charge is 0.290 e. The fourth-order valence-corrected chi connectivity index (χ4v) is 3.42. The summed E-state index contributed by atoms with van der Waals surface area (Å²) in [6.45, 7) is 6.17. The van der Waals surface area contributed by atoms with Gasteiger partial charge in [-0.3, -0.25) is 4.79 Å². The highest BCUT2D eigenvalue weighted by atomic mass is 16.5. The van der Waals surface area contributed by atoms with E-state index in [1.807, 2.05) is 44.8 Å². The Morgan fingerprint density at radius 1 is 1.10 bits per heavy atom. The summed E-state index contributed by atoms with van der Waals surface area (Å²) in [7, 11) is 5.32. The Labute approximate surface area is 170 Å². The highest BCUT2D eigenvalue weighted by Crippen LogP contribution is 2.40. The molecule has 0 aliphatic heterocycles. The lowest BCUT2D eigenvalue weighted by Gasteiger charge is -2.25. The van der Waals surface area contributed by atoms with Crippen molar-refractivity contribution in [1.82, 2.24) is 19.1 Å². The number of imidazole rings is 2. The molecule has 0 saturated carbocycles. The van der Waals surface area contributed by atoms with Crippen LogP contribution in [0.25, 0.3) is 11.4 Å². The molecule has 29 heavy (non-hydrogen) atoms. The van der Waals surface area contributed by atoms with Crippen LogP contribution >= 0.6 is 0 Å². The van der Waals surface area contributed by atoms with Gasteiger partial charge in [0.15, 0.2) is 11.5 Å². The average Bonchev–Trinajstić information content (AvgIpc) is 3.31. The first kappa shape index (κ1) is 22.0. The fourth-order valence-electron chi connectivity index (χ4n) is 3.42. The summed E-state index contributed by atoms with van der Waals surface area (Å²) in [6.07, 6.45) is 7.63. The van der Waals surface area contributed by atoms with Gasteiger partial charge in [0.1, 0.15) is 11.6 Å². The van der Waals surface area contributed by atoms with E-state index in [0.29, 0.717) is 17.4 Å². The third-order valence-electron chi connectivity index (χ3n) is 4.59. The summed E-state index contributed by atoms with van der Waals surface area (Å²) in [6, 6.07) is 4.10. The van der Waals surface area contributed by atoms with Crippen molar-refractivity contribution in [3.05, 3.63) is 48.3 Å². The van der Waals surface area contributed by atoms with Gasteiger partial charge in [0.05, 0.1) is 25.8 Å². The molecule has 0 spiro atoms. The number of nitrogens with zero attached hydrogens (tertiary/aromatic N) is 4. The number of rotatable bonds is 6. The summed E-state index contributed by atoms with van der Waals surface area (Å²) in [4.78, 5) is 17.6. The number of aryl methyl sites for hydroxylation is 2. The second-order valence-corrected chi connectivity index (χ2v) is 6.90. The zero-order chi connectivity index (χ0) is 21.6. The Hall–Kier alpha value is -3.29. The molecule has 0 fully saturated rings. The van der Waals surface area contributed by atoms with Crippen LogP contribution in [0, 0.1) is 12.8 Å². The first-order chi connectivity index (χ1) is 13.9. The topological polar surface area (TPSA) is 91.4 Å². The van der Waals surface area contributed by atoms with Crippen LogP contribution < -0.4 is 9.47 Å². The molecule has 0 saturated heterocycles. The van der Waals surface area contributed by atoms with Crippen molar-refractivity contribution in [2.45, 2.75) is 26.8 Å². The van der Waals surface area contributed by atoms with Gasteiger partial charge in [-0.05, 0) is 30.5 Å². The summed E-state index contributed by atoms with van der Waals surface area (Å²) < 4.78 is 15.4. The molecule has 8 nitrogen and oxygen atoms in total. The van der Waals surface area contributed by atoms with E-state index in [1.165, 1.54) is 0 Å². The standard InChI is InChI=1S/C20H26N4O2.CH2O2/c1-13(2)17(20-22-7-9-23(20)4)24-10-8-21-19(24)15-11-14(3)12-16(25-5)18(15)26-6;2-1-3/h7-13,17H,1-6H3;1H,(H,2,3). The zero-order valence-electron chi connectivity index (χ0n) is 17.7. The minimum atomic E-state index is -0.250. The van der Waals surface area contributed by atoms with Crippen LogP contribution in [0.4, 0.5) is 0 Å². The van der Waals surface area contributed by atoms with E-state index >= 15 is 0 Å². The maximum atomic E-state index is 8.36. The second kappa shape index (κ2) is 9.77. The molecule has 3 aromatic rings. The molecular weight excluding hydrogens is 372 g/mol. The lowest BCUT2D eigenvalue weighted by Crippen LogP contribution is -2.21. The highest BCUT2D eigenvalue weighted by molar-refractivity contribution is 5.70. The highest BCUT2D eigenvalue weighted by Gasteiger charge is 2.26. The van der Waals surface area contributed by atoms with E-state index < -0.39 is 0 Å². The third-order valence-corrected chi connectivity index (χ3v) is 4.59. The Kier molecular flexibility index (Phi) is 7.41. The summed E-state index contributed by atoms with van der Waals surface area (Å²) in [5.74, 6) is 3.56. The summed E-state index contributed by atoms with van der Waals surface area (Å²) >= 11 is 0. The number of hydrogen-bond donors (Lipinski definition) is 1. The molecule has 3 rings (SSSR count). The molecule has 0 aliphatic rings. The number of ether oxygens (including phenoxy) is 2. The molecule has 0 radical (unpaired) electrons. The van der Waals surface area contributed by atoms with Gasteiger partial charge in [-0.25, -0.2) is 9.97 Å². The Bertz CT molecular complexity index is 946. The van der Waals surface area contributed by atoms with E-state index in [9.17, 15) is 0 Å².